The maximum absolute atomic E-state index is 13.0. The summed E-state index contributed by atoms with van der Waals surface area (Å²) in [6.07, 6.45) is 8.42. The van der Waals surface area contributed by atoms with Gasteiger partial charge < -0.3 is 14.4 Å². The zero-order valence-corrected chi connectivity index (χ0v) is 17.8. The Kier molecular flexibility index (Phi) is 6.23. The summed E-state index contributed by atoms with van der Waals surface area (Å²) in [5.74, 6) is 2.11. The van der Waals surface area contributed by atoms with Gasteiger partial charge in [0.1, 0.15) is 5.52 Å². The van der Waals surface area contributed by atoms with E-state index in [4.69, 9.17) is 4.42 Å². The molecule has 4 rings (SSSR count). The van der Waals surface area contributed by atoms with E-state index < -0.39 is 0 Å². The lowest BCUT2D eigenvalue weighted by molar-refractivity contribution is 0.0385. The second kappa shape index (κ2) is 8.86. The minimum Gasteiger partial charge on any atom is -0.440 e. The van der Waals surface area contributed by atoms with Gasteiger partial charge in [0.05, 0.1) is 6.10 Å². The van der Waals surface area contributed by atoms with Crippen LogP contribution in [0.5, 0.6) is 0 Å². The Hall–Kier alpha value is -1.88. The number of aromatic nitrogens is 1. The molecule has 1 saturated heterocycles. The zero-order chi connectivity index (χ0) is 20.4. The molecule has 1 saturated carbocycles. The van der Waals surface area contributed by atoms with Crippen LogP contribution < -0.4 is 0 Å². The number of rotatable bonds is 5. The lowest BCUT2D eigenvalue weighted by atomic mass is 9.87. The summed E-state index contributed by atoms with van der Waals surface area (Å²) in [6.45, 7) is 5.70. The molecule has 5 heteroatoms. The Morgan fingerprint density at radius 2 is 1.90 bits per heavy atom. The number of carbonyl (C=O) groups excluding carboxylic acids is 1. The first-order chi connectivity index (χ1) is 14.0. The fourth-order valence-corrected chi connectivity index (χ4v) is 4.94. The highest BCUT2D eigenvalue weighted by atomic mass is 16.3. The fourth-order valence-electron chi connectivity index (χ4n) is 4.94. The molecule has 1 N–H and O–H groups in total. The van der Waals surface area contributed by atoms with Crippen LogP contribution in [0, 0.1) is 11.8 Å². The monoisotopic (exact) mass is 398 g/mol. The summed E-state index contributed by atoms with van der Waals surface area (Å²) in [4.78, 5) is 19.6. The quantitative estimate of drug-likeness (QED) is 0.758. The molecule has 2 fully saturated rings. The maximum Gasteiger partial charge on any atom is 0.253 e. The molecule has 2 aliphatic rings. The second-order valence-corrected chi connectivity index (χ2v) is 9.40. The molecule has 1 aliphatic heterocycles. The Labute approximate surface area is 173 Å². The smallest absolute Gasteiger partial charge is 0.253 e. The number of piperidine rings is 1. The van der Waals surface area contributed by atoms with Crippen LogP contribution in [-0.2, 0) is 0 Å². The SMILES string of the molecule is CC(C)C[C@H](O)C1CCN(C(=O)c2ccc3nc(C4CCCCC4)oc3c2)CC1. The number of nitrogens with zero attached hydrogens (tertiary/aromatic N) is 2. The summed E-state index contributed by atoms with van der Waals surface area (Å²) in [5.41, 5.74) is 2.24. The van der Waals surface area contributed by atoms with E-state index >= 15 is 0 Å². The largest absolute Gasteiger partial charge is 0.440 e. The number of hydrogen-bond acceptors (Lipinski definition) is 4. The molecule has 2 aromatic rings. The van der Waals surface area contributed by atoms with Crippen molar-refractivity contribution in [3.05, 3.63) is 29.7 Å². The normalized spacial score (nSPS) is 20.5. The average molecular weight is 399 g/mol. The number of benzene rings is 1. The standard InChI is InChI=1S/C24H34N2O3/c1-16(2)14-21(27)17-10-12-26(13-11-17)24(28)19-8-9-20-22(15-19)29-23(25-20)18-6-4-3-5-7-18/h8-9,15-18,21,27H,3-7,10-14H2,1-2H3/t21-/m0/s1. The van der Waals surface area contributed by atoms with Crippen molar-refractivity contribution in [3.63, 3.8) is 0 Å². The van der Waals surface area contributed by atoms with Gasteiger partial charge in [-0.25, -0.2) is 4.98 Å². The first-order valence-corrected chi connectivity index (χ1v) is 11.4. The third kappa shape index (κ3) is 4.66. The van der Waals surface area contributed by atoms with E-state index in [-0.39, 0.29) is 12.0 Å². The number of oxazole rings is 1. The van der Waals surface area contributed by atoms with E-state index in [1.165, 1.54) is 19.3 Å². The molecule has 1 aromatic carbocycles. The topological polar surface area (TPSA) is 66.6 Å². The molecular formula is C24H34N2O3. The van der Waals surface area contributed by atoms with Crippen LogP contribution in [0.15, 0.2) is 22.6 Å². The van der Waals surface area contributed by atoms with Gasteiger partial charge in [0.15, 0.2) is 11.5 Å². The Bertz CT molecular complexity index is 830. The Balaban J connectivity index is 1.41. The number of likely N-dealkylation sites (tertiary alicyclic amines) is 1. The molecule has 0 spiro atoms. The van der Waals surface area contributed by atoms with Gasteiger partial charge in [-0.3, -0.25) is 4.79 Å². The number of aliphatic hydroxyl groups is 1. The molecule has 2 heterocycles. The highest BCUT2D eigenvalue weighted by molar-refractivity contribution is 5.97. The third-order valence-corrected chi connectivity index (χ3v) is 6.69. The maximum atomic E-state index is 13.0. The number of amides is 1. The van der Waals surface area contributed by atoms with Crippen LogP contribution in [0.3, 0.4) is 0 Å². The molecule has 29 heavy (non-hydrogen) atoms. The van der Waals surface area contributed by atoms with E-state index in [1.807, 2.05) is 23.1 Å². The molecule has 1 aromatic heterocycles. The van der Waals surface area contributed by atoms with Crippen molar-refractivity contribution in [2.45, 2.75) is 77.2 Å². The van der Waals surface area contributed by atoms with E-state index in [0.717, 1.165) is 49.1 Å². The minimum absolute atomic E-state index is 0.0549. The molecule has 1 amide bonds. The molecule has 158 valence electrons. The molecule has 1 atom stereocenters. The van der Waals surface area contributed by atoms with Crippen molar-refractivity contribution in [1.82, 2.24) is 9.88 Å². The van der Waals surface area contributed by atoms with Crippen LogP contribution in [0.4, 0.5) is 0 Å². The van der Waals surface area contributed by atoms with Crippen molar-refractivity contribution in [1.29, 1.82) is 0 Å². The first kappa shape index (κ1) is 20.4. The minimum atomic E-state index is -0.254. The van der Waals surface area contributed by atoms with Crippen LogP contribution in [-0.4, -0.2) is 40.1 Å². The first-order valence-electron chi connectivity index (χ1n) is 11.4. The van der Waals surface area contributed by atoms with Gasteiger partial charge >= 0.3 is 0 Å². The van der Waals surface area contributed by atoms with Gasteiger partial charge in [-0.05, 0) is 62.1 Å². The van der Waals surface area contributed by atoms with Crippen LogP contribution in [0.1, 0.15) is 87.4 Å². The lowest BCUT2D eigenvalue weighted by Gasteiger charge is -2.34. The molecule has 0 bridgehead atoms. The van der Waals surface area contributed by atoms with Gasteiger partial charge in [0.2, 0.25) is 0 Å². The summed E-state index contributed by atoms with van der Waals surface area (Å²) < 4.78 is 6.06. The number of aliphatic hydroxyl groups excluding tert-OH is 1. The Morgan fingerprint density at radius 1 is 1.17 bits per heavy atom. The third-order valence-electron chi connectivity index (χ3n) is 6.69. The van der Waals surface area contributed by atoms with Crippen molar-refractivity contribution in [3.8, 4) is 0 Å². The van der Waals surface area contributed by atoms with Crippen molar-refractivity contribution in [2.24, 2.45) is 11.8 Å². The predicted molar refractivity (Wildman–Crippen MR) is 114 cm³/mol. The van der Waals surface area contributed by atoms with Gasteiger partial charge in [0.25, 0.3) is 5.91 Å². The summed E-state index contributed by atoms with van der Waals surface area (Å²) in [5, 5.41) is 10.4. The second-order valence-electron chi connectivity index (χ2n) is 9.40. The summed E-state index contributed by atoms with van der Waals surface area (Å²) in [6, 6.07) is 5.64. The van der Waals surface area contributed by atoms with Crippen molar-refractivity contribution < 1.29 is 14.3 Å². The lowest BCUT2D eigenvalue weighted by Crippen LogP contribution is -2.41. The molecule has 1 aliphatic carbocycles. The van der Waals surface area contributed by atoms with Crippen LogP contribution >= 0.6 is 0 Å². The van der Waals surface area contributed by atoms with E-state index in [9.17, 15) is 9.90 Å². The van der Waals surface area contributed by atoms with Crippen LogP contribution in [0.2, 0.25) is 0 Å². The highest BCUT2D eigenvalue weighted by Gasteiger charge is 2.28. The molecule has 5 nitrogen and oxygen atoms in total. The van der Waals surface area contributed by atoms with Gasteiger partial charge in [-0.2, -0.15) is 0 Å². The number of hydrogen-bond donors (Lipinski definition) is 1. The molecule has 0 radical (unpaired) electrons. The Morgan fingerprint density at radius 3 is 2.59 bits per heavy atom. The van der Waals surface area contributed by atoms with E-state index in [1.54, 1.807) is 0 Å². The van der Waals surface area contributed by atoms with Crippen LogP contribution in [0.25, 0.3) is 11.1 Å². The van der Waals surface area contributed by atoms with Gasteiger partial charge in [-0.1, -0.05) is 33.1 Å². The van der Waals surface area contributed by atoms with E-state index in [2.05, 4.69) is 18.8 Å². The molecule has 0 unspecified atom stereocenters. The zero-order valence-electron chi connectivity index (χ0n) is 17.8. The number of fused-ring (bicyclic) bond motifs is 1. The average Bonchev–Trinajstić information content (AvgIpc) is 3.17. The van der Waals surface area contributed by atoms with Gasteiger partial charge in [-0.15, -0.1) is 0 Å². The predicted octanol–water partition coefficient (Wildman–Crippen LogP) is 5.13. The van der Waals surface area contributed by atoms with E-state index in [0.29, 0.717) is 36.4 Å². The van der Waals surface area contributed by atoms with Crippen molar-refractivity contribution >= 4 is 17.0 Å². The summed E-state index contributed by atoms with van der Waals surface area (Å²) in [7, 11) is 0. The molecular weight excluding hydrogens is 364 g/mol. The summed E-state index contributed by atoms with van der Waals surface area (Å²) >= 11 is 0. The highest BCUT2D eigenvalue weighted by Crippen LogP contribution is 2.34. The number of carbonyl (C=O) groups is 1. The van der Waals surface area contributed by atoms with Gasteiger partial charge in [0, 0.05) is 24.6 Å². The fraction of sp³-hybridized carbons (Fsp3) is 0.667. The van der Waals surface area contributed by atoms with Crippen molar-refractivity contribution in [2.75, 3.05) is 13.1 Å².